The van der Waals surface area contributed by atoms with E-state index in [1.165, 1.54) is 89.9 Å². The summed E-state index contributed by atoms with van der Waals surface area (Å²) in [5.74, 6) is 0. The predicted octanol–water partition coefficient (Wildman–Crippen LogP) is 4.40. The molecule has 0 fully saturated rings. The smallest absolute Gasteiger partial charge is 0.394 e. The molecule has 0 unspecified atom stereocenters. The van der Waals surface area contributed by atoms with Gasteiger partial charge in [-0.2, -0.15) is 8.42 Å². The van der Waals surface area contributed by atoms with Crippen molar-refractivity contribution in [1.29, 1.82) is 0 Å². The Hall–Kier alpha value is -0.250. The average molecular weight is 430 g/mol. The molecule has 0 heterocycles. The van der Waals surface area contributed by atoms with Gasteiger partial charge in [-0.15, -0.1) is 0 Å². The quantitative estimate of drug-likeness (QED) is 0.171. The van der Waals surface area contributed by atoms with Gasteiger partial charge in [-0.25, -0.2) is 0 Å². The first kappa shape index (κ1) is 32.4. The number of nitrogens with one attached hydrogen (secondary N) is 1. The zero-order chi connectivity index (χ0) is 21.9. The fourth-order valence-corrected chi connectivity index (χ4v) is 2.55. The fourth-order valence-electron chi connectivity index (χ4n) is 2.55. The van der Waals surface area contributed by atoms with Crippen molar-refractivity contribution in [1.82, 2.24) is 5.32 Å². The van der Waals surface area contributed by atoms with E-state index in [1.54, 1.807) is 0 Å². The Morgan fingerprint density at radius 2 is 0.786 bits per heavy atom. The third-order valence-corrected chi connectivity index (χ3v) is 4.03. The molecule has 0 spiro atoms. The molecular formula is C20H47NO6S. The monoisotopic (exact) mass is 429 g/mol. The van der Waals surface area contributed by atoms with Gasteiger partial charge in [0, 0.05) is 13.1 Å². The molecule has 0 aromatic rings. The summed E-state index contributed by atoms with van der Waals surface area (Å²) in [7, 11) is -4.67. The molecule has 0 aliphatic carbocycles. The third-order valence-electron chi connectivity index (χ3n) is 4.03. The van der Waals surface area contributed by atoms with Crippen LogP contribution in [0, 0.1) is 0 Å². The lowest BCUT2D eigenvalue weighted by Crippen LogP contribution is -2.21. The Morgan fingerprint density at radius 1 is 0.571 bits per heavy atom. The van der Waals surface area contributed by atoms with Gasteiger partial charge in [-0.05, 0) is 0 Å². The van der Waals surface area contributed by atoms with Gasteiger partial charge in [-0.3, -0.25) is 9.11 Å². The lowest BCUT2D eigenvalue weighted by atomic mass is 10.0. The Balaban J connectivity index is -0.000000427. The molecule has 0 rings (SSSR count). The van der Waals surface area contributed by atoms with Crippen LogP contribution in [0.4, 0.5) is 0 Å². The molecule has 5 N–H and O–H groups in total. The highest BCUT2D eigenvalue weighted by atomic mass is 32.3. The van der Waals surface area contributed by atoms with Crippen molar-refractivity contribution in [3.8, 4) is 0 Å². The number of aliphatic hydroxyl groups excluding tert-OH is 2. The van der Waals surface area contributed by atoms with Gasteiger partial charge in [0.2, 0.25) is 0 Å². The van der Waals surface area contributed by atoms with Gasteiger partial charge in [-0.1, -0.05) is 104 Å². The number of hydrogen-bond donors (Lipinski definition) is 5. The Labute approximate surface area is 173 Å². The summed E-state index contributed by atoms with van der Waals surface area (Å²) in [6.07, 6.45) is 20.4. The second-order valence-corrected chi connectivity index (χ2v) is 7.78. The number of aliphatic hydroxyl groups is 2. The van der Waals surface area contributed by atoms with Crippen LogP contribution in [0.15, 0.2) is 0 Å². The van der Waals surface area contributed by atoms with Crippen LogP contribution in [0.1, 0.15) is 104 Å². The number of unbranched alkanes of at least 4 members (excludes halogenated alkanes) is 13. The summed E-state index contributed by atoms with van der Waals surface area (Å²) in [4.78, 5) is 0. The molecule has 28 heavy (non-hydrogen) atoms. The summed E-state index contributed by atoms with van der Waals surface area (Å²) in [6.45, 7) is 6.00. The molecule has 174 valence electrons. The average Bonchev–Trinajstić information content (AvgIpc) is 2.62. The van der Waals surface area contributed by atoms with Crippen LogP contribution < -0.4 is 5.32 Å². The third kappa shape index (κ3) is 56.2. The molecular weight excluding hydrogens is 382 g/mol. The minimum Gasteiger partial charge on any atom is -0.395 e. The molecule has 0 aliphatic heterocycles. The first-order chi connectivity index (χ1) is 13.3. The van der Waals surface area contributed by atoms with Crippen molar-refractivity contribution < 1.29 is 27.7 Å². The van der Waals surface area contributed by atoms with Gasteiger partial charge in [0.15, 0.2) is 0 Å². The predicted molar refractivity (Wildman–Crippen MR) is 117 cm³/mol. The van der Waals surface area contributed by atoms with Crippen molar-refractivity contribution in [3.05, 3.63) is 0 Å². The van der Waals surface area contributed by atoms with Gasteiger partial charge in [0.05, 0.1) is 13.2 Å². The van der Waals surface area contributed by atoms with Crippen LogP contribution >= 0.6 is 0 Å². The largest absolute Gasteiger partial charge is 0.395 e. The van der Waals surface area contributed by atoms with E-state index in [0.717, 1.165) is 0 Å². The van der Waals surface area contributed by atoms with Gasteiger partial charge < -0.3 is 15.5 Å². The highest BCUT2D eigenvalue weighted by Gasteiger charge is 1.92. The normalized spacial score (nSPS) is 10.6. The zero-order valence-electron chi connectivity index (χ0n) is 18.2. The van der Waals surface area contributed by atoms with Gasteiger partial charge >= 0.3 is 10.4 Å². The maximum Gasteiger partial charge on any atom is 0.394 e. The SMILES string of the molecule is CCCCCCCCCCCCCCCC.O=S(=O)(O)O.OCCNCCO. The van der Waals surface area contributed by atoms with Crippen LogP contribution in [-0.2, 0) is 10.4 Å². The summed E-state index contributed by atoms with van der Waals surface area (Å²) >= 11 is 0. The van der Waals surface area contributed by atoms with Crippen LogP contribution in [0.3, 0.4) is 0 Å². The summed E-state index contributed by atoms with van der Waals surface area (Å²) < 4.78 is 31.6. The highest BCUT2D eigenvalue weighted by molar-refractivity contribution is 7.79. The minimum absolute atomic E-state index is 0.139. The van der Waals surface area contributed by atoms with Crippen molar-refractivity contribution >= 4 is 10.4 Å². The zero-order valence-corrected chi connectivity index (χ0v) is 19.1. The van der Waals surface area contributed by atoms with E-state index < -0.39 is 10.4 Å². The molecule has 0 saturated carbocycles. The molecule has 0 radical (unpaired) electrons. The summed E-state index contributed by atoms with van der Waals surface area (Å²) in [6, 6.07) is 0. The standard InChI is InChI=1S/C16H34.C4H11NO2.H2O4S/c1-3-5-7-9-11-13-15-16-14-12-10-8-6-4-2;6-3-1-5-2-4-7;1-5(2,3)4/h3-16H2,1-2H3;5-7H,1-4H2;(H2,1,2,3,4). The maximum absolute atomic E-state index is 8.74. The molecule has 7 nitrogen and oxygen atoms in total. The van der Waals surface area contributed by atoms with E-state index in [4.69, 9.17) is 27.7 Å². The van der Waals surface area contributed by atoms with Crippen molar-refractivity contribution in [2.75, 3.05) is 26.3 Å². The molecule has 0 aromatic heterocycles. The molecule has 0 saturated heterocycles. The number of rotatable bonds is 17. The van der Waals surface area contributed by atoms with Crippen LogP contribution in [0.2, 0.25) is 0 Å². The second-order valence-electron chi connectivity index (χ2n) is 6.89. The van der Waals surface area contributed by atoms with E-state index in [0.29, 0.717) is 13.1 Å². The van der Waals surface area contributed by atoms with Crippen LogP contribution in [0.25, 0.3) is 0 Å². The van der Waals surface area contributed by atoms with Crippen LogP contribution in [-0.4, -0.2) is 54.0 Å². The first-order valence-electron chi connectivity index (χ1n) is 11.0. The lowest BCUT2D eigenvalue weighted by Gasteiger charge is -2.02. The van der Waals surface area contributed by atoms with Crippen molar-refractivity contribution in [2.45, 2.75) is 104 Å². The maximum atomic E-state index is 8.74. The van der Waals surface area contributed by atoms with Crippen molar-refractivity contribution in [3.63, 3.8) is 0 Å². The molecule has 0 aromatic carbocycles. The van der Waals surface area contributed by atoms with E-state index in [9.17, 15) is 0 Å². The van der Waals surface area contributed by atoms with Gasteiger partial charge in [0.1, 0.15) is 0 Å². The molecule has 0 atom stereocenters. The van der Waals surface area contributed by atoms with E-state index in [-0.39, 0.29) is 13.2 Å². The first-order valence-corrected chi connectivity index (χ1v) is 12.3. The molecule has 0 amide bonds. The van der Waals surface area contributed by atoms with Crippen molar-refractivity contribution in [2.24, 2.45) is 0 Å². The fraction of sp³-hybridized carbons (Fsp3) is 1.00. The molecule has 0 bridgehead atoms. The number of hydrogen-bond acceptors (Lipinski definition) is 5. The summed E-state index contributed by atoms with van der Waals surface area (Å²) in [5, 5.41) is 19.1. The Kier molecular flexibility index (Phi) is 33.5. The minimum atomic E-state index is -4.67. The Morgan fingerprint density at radius 3 is 0.964 bits per heavy atom. The van der Waals surface area contributed by atoms with E-state index in [1.807, 2.05) is 0 Å². The second kappa shape index (κ2) is 29.0. The topological polar surface area (TPSA) is 127 Å². The van der Waals surface area contributed by atoms with E-state index >= 15 is 0 Å². The molecule has 0 aliphatic rings. The highest BCUT2D eigenvalue weighted by Crippen LogP contribution is 2.12. The summed E-state index contributed by atoms with van der Waals surface area (Å²) in [5.41, 5.74) is 0. The molecule has 8 heteroatoms. The lowest BCUT2D eigenvalue weighted by molar-refractivity contribution is 0.266. The van der Waals surface area contributed by atoms with Crippen LogP contribution in [0.5, 0.6) is 0 Å². The van der Waals surface area contributed by atoms with Gasteiger partial charge in [0.25, 0.3) is 0 Å². The Bertz CT molecular complexity index is 327. The van der Waals surface area contributed by atoms with E-state index in [2.05, 4.69) is 19.2 Å².